The van der Waals surface area contributed by atoms with Crippen molar-refractivity contribution in [1.82, 2.24) is 15.1 Å². The third kappa shape index (κ3) is 6.18. The highest BCUT2D eigenvalue weighted by atomic mass is 32.2. The summed E-state index contributed by atoms with van der Waals surface area (Å²) in [5, 5.41) is 1.73. The Bertz CT molecular complexity index is 1640. The van der Waals surface area contributed by atoms with Gasteiger partial charge in [0, 0.05) is 17.2 Å². The van der Waals surface area contributed by atoms with Crippen LogP contribution in [0.2, 0.25) is 0 Å². The molecule has 1 aliphatic rings. The maximum atomic E-state index is 15.2. The summed E-state index contributed by atoms with van der Waals surface area (Å²) in [6.45, 7) is 3.06. The van der Waals surface area contributed by atoms with Crippen LogP contribution in [0.3, 0.4) is 0 Å². The average molecular weight is 602 g/mol. The molecule has 1 aromatic carbocycles. The number of halogens is 5. The van der Waals surface area contributed by atoms with Gasteiger partial charge in [-0.1, -0.05) is 5.16 Å². The third-order valence-corrected chi connectivity index (χ3v) is 9.88. The molecule has 0 saturated heterocycles. The van der Waals surface area contributed by atoms with Crippen LogP contribution in [0.5, 0.6) is 5.75 Å². The van der Waals surface area contributed by atoms with E-state index in [2.05, 4.69) is 29.2 Å². The summed E-state index contributed by atoms with van der Waals surface area (Å²) < 4.78 is 92.8. The van der Waals surface area contributed by atoms with Crippen molar-refractivity contribution in [1.29, 1.82) is 0 Å². The second kappa shape index (κ2) is 10.7. The number of hydrogen-bond acceptors (Lipinski definition) is 9. The van der Waals surface area contributed by atoms with Crippen LogP contribution in [0.4, 0.5) is 22.0 Å². The van der Waals surface area contributed by atoms with E-state index in [9.17, 15) is 21.8 Å². The Labute approximate surface area is 242 Å². The lowest BCUT2D eigenvalue weighted by molar-refractivity contribution is -0.148. The Kier molecular flexibility index (Phi) is 8.02. The molecular weight excluding hydrogens is 580 g/mol. The van der Waals surface area contributed by atoms with E-state index in [0.29, 0.717) is 5.56 Å². The molecule has 4 rings (SSSR count). The van der Waals surface area contributed by atoms with Crippen molar-refractivity contribution in [3.05, 3.63) is 48.0 Å². The van der Waals surface area contributed by atoms with Gasteiger partial charge in [0.1, 0.15) is 21.9 Å². The van der Waals surface area contributed by atoms with E-state index in [0.717, 1.165) is 18.5 Å². The van der Waals surface area contributed by atoms with Crippen molar-refractivity contribution in [3.8, 4) is 28.6 Å². The van der Waals surface area contributed by atoms with Crippen LogP contribution in [-0.2, 0) is 15.3 Å². The maximum absolute atomic E-state index is 15.2. The zero-order valence-corrected chi connectivity index (χ0v) is 23.3. The molecule has 9 nitrogen and oxygen atoms in total. The van der Waals surface area contributed by atoms with Gasteiger partial charge in [-0.2, -0.15) is 8.78 Å². The minimum absolute atomic E-state index is 0.00524. The molecule has 216 valence electrons. The Balaban J connectivity index is 1.64. The molecule has 1 aliphatic heterocycles. The zero-order valence-electron chi connectivity index (χ0n) is 22.5. The van der Waals surface area contributed by atoms with Crippen molar-refractivity contribution in [2.45, 2.75) is 48.6 Å². The molecule has 42 heavy (non-hydrogen) atoms. The SMILES string of the molecule is [B]C([B])([B])N=S1(=O)C[C@@](C)(c2cc(-c3cc(-c4ncc(OCC(F)(F)C(F)F)cn4)no3)ccc2F)N=C(N)C1(C)C. The first-order valence-electron chi connectivity index (χ1n) is 12.1. The summed E-state index contributed by atoms with van der Waals surface area (Å²) in [7, 11) is 13.5. The van der Waals surface area contributed by atoms with E-state index in [4.69, 9.17) is 33.8 Å². The minimum Gasteiger partial charge on any atom is -0.484 e. The molecule has 0 saturated carbocycles. The summed E-state index contributed by atoms with van der Waals surface area (Å²) >= 11 is 0. The molecule has 2 atom stereocenters. The van der Waals surface area contributed by atoms with Gasteiger partial charge in [-0.15, -0.1) is 0 Å². The monoisotopic (exact) mass is 602 g/mol. The first-order chi connectivity index (χ1) is 19.3. The molecule has 1 unspecified atom stereocenters. The first-order valence-corrected chi connectivity index (χ1v) is 13.8. The molecule has 0 spiro atoms. The minimum atomic E-state index is -4.34. The van der Waals surface area contributed by atoms with Crippen LogP contribution < -0.4 is 10.5 Å². The van der Waals surface area contributed by atoms with Gasteiger partial charge in [-0.3, -0.25) is 9.36 Å². The van der Waals surface area contributed by atoms with E-state index in [1.165, 1.54) is 25.1 Å². The van der Waals surface area contributed by atoms with E-state index in [-0.39, 0.29) is 40.2 Å². The highest BCUT2D eigenvalue weighted by molar-refractivity contribution is 7.96. The lowest BCUT2D eigenvalue weighted by Crippen LogP contribution is -2.55. The number of hydrogen-bond donors (Lipinski definition) is 1. The Morgan fingerprint density at radius 1 is 1.17 bits per heavy atom. The quantitative estimate of drug-likeness (QED) is 0.310. The normalized spacial score (nSPS) is 22.5. The number of ether oxygens (including phenoxy) is 1. The van der Waals surface area contributed by atoms with Gasteiger partial charge in [0.2, 0.25) is 0 Å². The van der Waals surface area contributed by atoms with E-state index in [1.54, 1.807) is 13.8 Å². The van der Waals surface area contributed by atoms with Crippen LogP contribution in [0.1, 0.15) is 26.3 Å². The standard InChI is InChI=1S/C24H22B3F5N6O3S/c1-21(2)20(33)36-22(3,11-42(21,39)38-24(25,26)27)14-6-12(4-5-15(14)28)17-7-16(37-41-17)18-34-8-13(9-35-18)40-10-23(31,32)19(29)30/h4-9,19H,10-11H2,1-3H3,(H2,33,36)/t22-,42?/m0/s1. The smallest absolute Gasteiger partial charge is 0.340 e. The number of amidine groups is 1. The summed E-state index contributed by atoms with van der Waals surface area (Å²) in [6, 6.07) is 5.39. The number of rotatable bonds is 8. The number of aliphatic imine (C=N–C) groups is 1. The number of benzene rings is 1. The van der Waals surface area contributed by atoms with Gasteiger partial charge in [0.25, 0.3) is 0 Å². The molecule has 0 fully saturated rings. The Hall–Kier alpha value is -3.43. The number of aromatic nitrogens is 3. The molecule has 6 radical (unpaired) electrons. The van der Waals surface area contributed by atoms with E-state index < -0.39 is 50.0 Å². The molecule has 3 heterocycles. The van der Waals surface area contributed by atoms with Crippen molar-refractivity contribution in [2.75, 3.05) is 12.4 Å². The molecule has 0 amide bonds. The molecule has 0 aliphatic carbocycles. The molecule has 2 aromatic heterocycles. The number of alkyl halides is 4. The van der Waals surface area contributed by atoms with Gasteiger partial charge in [0.15, 0.2) is 29.6 Å². The van der Waals surface area contributed by atoms with E-state index >= 15 is 4.39 Å². The van der Waals surface area contributed by atoms with Crippen molar-refractivity contribution in [3.63, 3.8) is 0 Å². The third-order valence-electron chi connectivity index (χ3n) is 6.51. The van der Waals surface area contributed by atoms with Gasteiger partial charge < -0.3 is 15.0 Å². The average Bonchev–Trinajstić information content (AvgIpc) is 3.36. The summed E-state index contributed by atoms with van der Waals surface area (Å²) in [5.74, 6) is -5.53. The lowest BCUT2D eigenvalue weighted by atomic mass is 9.50. The van der Waals surface area contributed by atoms with Gasteiger partial charge in [-0.05, 0) is 44.2 Å². The molecule has 0 bridgehead atoms. The molecule has 3 aromatic rings. The predicted molar refractivity (Wildman–Crippen MR) is 148 cm³/mol. The van der Waals surface area contributed by atoms with Gasteiger partial charge in [0.05, 0.1) is 51.4 Å². The fourth-order valence-corrected chi connectivity index (χ4v) is 6.59. The predicted octanol–water partition coefficient (Wildman–Crippen LogP) is 3.17. The van der Waals surface area contributed by atoms with Crippen molar-refractivity contribution < 1.29 is 35.4 Å². The Morgan fingerprint density at radius 2 is 1.81 bits per heavy atom. The van der Waals surface area contributed by atoms with Crippen LogP contribution in [0.15, 0.2) is 50.5 Å². The topological polar surface area (TPSA) is 129 Å². The van der Waals surface area contributed by atoms with Crippen LogP contribution in [0.25, 0.3) is 22.8 Å². The lowest BCUT2D eigenvalue weighted by Gasteiger charge is -2.42. The highest BCUT2D eigenvalue weighted by Crippen LogP contribution is 2.41. The van der Waals surface area contributed by atoms with Gasteiger partial charge in [-0.25, -0.2) is 27.3 Å². The van der Waals surface area contributed by atoms with Crippen LogP contribution >= 0.6 is 0 Å². The van der Waals surface area contributed by atoms with Gasteiger partial charge >= 0.3 is 12.3 Å². The first kappa shape index (κ1) is 31.5. The molecular formula is C24H22B3F5N6O3S. The van der Waals surface area contributed by atoms with Crippen LogP contribution in [-0.4, -0.2) is 83.4 Å². The second-order valence-electron chi connectivity index (χ2n) is 10.4. The van der Waals surface area contributed by atoms with Crippen molar-refractivity contribution in [2.24, 2.45) is 15.1 Å². The largest absolute Gasteiger partial charge is 0.484 e. The second-order valence-corrected chi connectivity index (χ2v) is 13.2. The fourth-order valence-electron chi connectivity index (χ4n) is 4.07. The zero-order chi connectivity index (χ0) is 31.3. The Morgan fingerprint density at radius 3 is 2.40 bits per heavy atom. The highest BCUT2D eigenvalue weighted by Gasteiger charge is 2.48. The van der Waals surface area contributed by atoms with E-state index in [1.807, 2.05) is 0 Å². The van der Waals surface area contributed by atoms with Crippen LogP contribution in [0, 0.1) is 5.82 Å². The van der Waals surface area contributed by atoms with Crippen molar-refractivity contribution >= 4 is 39.1 Å². The summed E-state index contributed by atoms with van der Waals surface area (Å²) in [6.07, 6.45) is -1.89. The maximum Gasteiger partial charge on any atom is 0.340 e. The summed E-state index contributed by atoms with van der Waals surface area (Å²) in [4.78, 5) is 12.3. The molecule has 2 N–H and O–H groups in total. The molecule has 18 heteroatoms. The number of nitrogens with two attached hydrogens (primary N) is 1. The summed E-state index contributed by atoms with van der Waals surface area (Å²) in [5.41, 5.74) is 5.18. The number of nitrogens with zero attached hydrogens (tertiary/aromatic N) is 5. The fraction of sp³-hybridized carbons (Fsp3) is 0.417.